The van der Waals surface area contributed by atoms with E-state index >= 15 is 0 Å². The molecule has 118 valence electrons. The molecular formula is C17H28N2O2. The van der Waals surface area contributed by atoms with Crippen molar-refractivity contribution in [3.63, 3.8) is 0 Å². The molecule has 0 bridgehead atoms. The number of nitrogens with zero attached hydrogens (tertiary/aromatic N) is 1. The minimum atomic E-state index is 0.0120. The number of benzene rings is 1. The lowest BCUT2D eigenvalue weighted by Gasteiger charge is -2.22. The molecule has 0 radical (unpaired) electrons. The topological polar surface area (TPSA) is 66.6 Å². The Balaban J connectivity index is 2.59. The molecule has 0 aliphatic carbocycles. The van der Waals surface area contributed by atoms with E-state index in [1.54, 1.807) is 4.90 Å². The van der Waals surface area contributed by atoms with Crippen LogP contribution in [0.25, 0.3) is 0 Å². The Kier molecular flexibility index (Phi) is 8.71. The van der Waals surface area contributed by atoms with Crippen LogP contribution in [0, 0.1) is 0 Å². The van der Waals surface area contributed by atoms with E-state index in [1.165, 1.54) is 12.8 Å². The summed E-state index contributed by atoms with van der Waals surface area (Å²) in [5.41, 5.74) is 7.71. The molecule has 0 heterocycles. The molecule has 21 heavy (non-hydrogen) atoms. The van der Waals surface area contributed by atoms with E-state index in [-0.39, 0.29) is 12.5 Å². The number of aliphatic hydroxyl groups is 1. The third-order valence-electron chi connectivity index (χ3n) is 3.68. The van der Waals surface area contributed by atoms with Crippen molar-refractivity contribution in [1.82, 2.24) is 4.90 Å². The first-order valence-electron chi connectivity index (χ1n) is 7.88. The summed E-state index contributed by atoms with van der Waals surface area (Å²) < 4.78 is 0. The number of rotatable bonds is 10. The van der Waals surface area contributed by atoms with Crippen LogP contribution in [0.5, 0.6) is 0 Å². The fourth-order valence-corrected chi connectivity index (χ4v) is 2.42. The Morgan fingerprint density at radius 3 is 2.48 bits per heavy atom. The van der Waals surface area contributed by atoms with Crippen molar-refractivity contribution in [1.29, 1.82) is 0 Å². The molecule has 0 aliphatic rings. The third-order valence-corrected chi connectivity index (χ3v) is 3.68. The van der Waals surface area contributed by atoms with Gasteiger partial charge in [0.05, 0.1) is 13.0 Å². The number of hydrogen-bond acceptors (Lipinski definition) is 3. The van der Waals surface area contributed by atoms with E-state index in [1.807, 2.05) is 24.3 Å². The zero-order valence-electron chi connectivity index (χ0n) is 13.1. The minimum Gasteiger partial charge on any atom is -0.395 e. The van der Waals surface area contributed by atoms with Crippen LogP contribution in [0.1, 0.15) is 43.7 Å². The average Bonchev–Trinajstić information content (AvgIpc) is 2.51. The van der Waals surface area contributed by atoms with Gasteiger partial charge < -0.3 is 15.7 Å². The predicted molar refractivity (Wildman–Crippen MR) is 85.8 cm³/mol. The second-order valence-electron chi connectivity index (χ2n) is 5.31. The van der Waals surface area contributed by atoms with Gasteiger partial charge in [0.15, 0.2) is 0 Å². The zero-order valence-corrected chi connectivity index (χ0v) is 13.1. The van der Waals surface area contributed by atoms with Gasteiger partial charge in [-0.05, 0) is 17.5 Å². The van der Waals surface area contributed by atoms with Crippen molar-refractivity contribution in [3.8, 4) is 0 Å². The molecule has 1 rings (SSSR count). The molecule has 3 N–H and O–H groups in total. The second-order valence-corrected chi connectivity index (χ2v) is 5.31. The van der Waals surface area contributed by atoms with Crippen molar-refractivity contribution >= 4 is 5.91 Å². The standard InChI is InChI=1S/C17H28N2O2/c1-2-3-4-7-10-19(11-12-20)17(21)13-15-8-5-6-9-16(15)14-18/h5-6,8-9,20H,2-4,7,10-14,18H2,1H3. The molecule has 0 fully saturated rings. The van der Waals surface area contributed by atoms with E-state index in [0.29, 0.717) is 19.5 Å². The summed E-state index contributed by atoms with van der Waals surface area (Å²) in [5.74, 6) is 0.0708. The fraction of sp³-hybridized carbons (Fsp3) is 0.588. The first-order valence-corrected chi connectivity index (χ1v) is 7.88. The van der Waals surface area contributed by atoms with Gasteiger partial charge in [-0.3, -0.25) is 4.79 Å². The molecule has 4 heteroatoms. The van der Waals surface area contributed by atoms with Gasteiger partial charge >= 0.3 is 0 Å². The Labute approximate surface area is 128 Å². The highest BCUT2D eigenvalue weighted by molar-refractivity contribution is 5.79. The summed E-state index contributed by atoms with van der Waals surface area (Å²) >= 11 is 0. The molecule has 0 unspecified atom stereocenters. The number of aliphatic hydroxyl groups excluding tert-OH is 1. The van der Waals surface area contributed by atoms with E-state index in [9.17, 15) is 4.79 Å². The monoisotopic (exact) mass is 292 g/mol. The van der Waals surface area contributed by atoms with E-state index < -0.39 is 0 Å². The Morgan fingerprint density at radius 2 is 1.86 bits per heavy atom. The van der Waals surface area contributed by atoms with Crippen molar-refractivity contribution in [2.45, 2.75) is 45.6 Å². The number of nitrogens with two attached hydrogens (primary N) is 1. The van der Waals surface area contributed by atoms with Crippen molar-refractivity contribution in [2.75, 3.05) is 19.7 Å². The van der Waals surface area contributed by atoms with Gasteiger partial charge in [-0.25, -0.2) is 0 Å². The van der Waals surface area contributed by atoms with Gasteiger partial charge in [0.1, 0.15) is 0 Å². The van der Waals surface area contributed by atoms with E-state index in [0.717, 1.165) is 30.5 Å². The third kappa shape index (κ3) is 6.27. The summed E-state index contributed by atoms with van der Waals surface area (Å²) in [5, 5.41) is 9.14. The maximum Gasteiger partial charge on any atom is 0.227 e. The highest BCUT2D eigenvalue weighted by atomic mass is 16.3. The van der Waals surface area contributed by atoms with Crippen LogP contribution in [-0.4, -0.2) is 35.6 Å². The van der Waals surface area contributed by atoms with Gasteiger partial charge in [-0.15, -0.1) is 0 Å². The molecule has 0 aromatic heterocycles. The highest BCUT2D eigenvalue weighted by Gasteiger charge is 2.14. The molecule has 0 aliphatic heterocycles. The average molecular weight is 292 g/mol. The molecule has 1 amide bonds. The lowest BCUT2D eigenvalue weighted by molar-refractivity contribution is -0.131. The lowest BCUT2D eigenvalue weighted by atomic mass is 10.0. The minimum absolute atomic E-state index is 0.0120. The first kappa shape index (κ1) is 17.7. The Morgan fingerprint density at radius 1 is 1.14 bits per heavy atom. The number of unbranched alkanes of at least 4 members (excludes halogenated alkanes) is 3. The first-order chi connectivity index (χ1) is 10.2. The quantitative estimate of drug-likeness (QED) is 0.649. The maximum absolute atomic E-state index is 12.4. The molecule has 4 nitrogen and oxygen atoms in total. The molecule has 0 saturated carbocycles. The van der Waals surface area contributed by atoms with Crippen molar-refractivity contribution in [3.05, 3.63) is 35.4 Å². The van der Waals surface area contributed by atoms with E-state index in [2.05, 4.69) is 6.92 Å². The Bertz CT molecular complexity index is 421. The van der Waals surface area contributed by atoms with E-state index in [4.69, 9.17) is 10.8 Å². The second kappa shape index (κ2) is 10.4. The number of amides is 1. The van der Waals surface area contributed by atoms with Crippen LogP contribution in [0.15, 0.2) is 24.3 Å². The summed E-state index contributed by atoms with van der Waals surface area (Å²) in [6, 6.07) is 7.78. The van der Waals surface area contributed by atoms with Crippen molar-refractivity contribution in [2.24, 2.45) is 5.73 Å². The molecule has 1 aromatic rings. The van der Waals surface area contributed by atoms with Crippen LogP contribution >= 0.6 is 0 Å². The summed E-state index contributed by atoms with van der Waals surface area (Å²) in [7, 11) is 0. The molecule has 0 saturated heterocycles. The molecule has 0 atom stereocenters. The molecular weight excluding hydrogens is 264 g/mol. The van der Waals surface area contributed by atoms with Crippen LogP contribution in [0.3, 0.4) is 0 Å². The summed E-state index contributed by atoms with van der Waals surface area (Å²) in [4.78, 5) is 14.2. The number of carbonyl (C=O) groups excluding carboxylic acids is 1. The fourth-order valence-electron chi connectivity index (χ4n) is 2.42. The van der Waals surface area contributed by atoms with Crippen LogP contribution in [0.4, 0.5) is 0 Å². The Hall–Kier alpha value is -1.39. The van der Waals surface area contributed by atoms with Gasteiger partial charge in [0, 0.05) is 19.6 Å². The largest absolute Gasteiger partial charge is 0.395 e. The smallest absolute Gasteiger partial charge is 0.227 e. The number of hydrogen-bond donors (Lipinski definition) is 2. The van der Waals surface area contributed by atoms with Gasteiger partial charge in [-0.2, -0.15) is 0 Å². The van der Waals surface area contributed by atoms with Crippen LogP contribution < -0.4 is 5.73 Å². The molecule has 0 spiro atoms. The van der Waals surface area contributed by atoms with Gasteiger partial charge in [0.2, 0.25) is 5.91 Å². The molecule has 1 aromatic carbocycles. The number of carbonyl (C=O) groups is 1. The van der Waals surface area contributed by atoms with Crippen LogP contribution in [-0.2, 0) is 17.8 Å². The normalized spacial score (nSPS) is 10.6. The summed E-state index contributed by atoms with van der Waals surface area (Å²) in [6.45, 7) is 3.76. The maximum atomic E-state index is 12.4. The van der Waals surface area contributed by atoms with Crippen LogP contribution in [0.2, 0.25) is 0 Å². The van der Waals surface area contributed by atoms with Gasteiger partial charge in [-0.1, -0.05) is 50.5 Å². The lowest BCUT2D eigenvalue weighted by Crippen LogP contribution is -2.35. The van der Waals surface area contributed by atoms with Crippen molar-refractivity contribution < 1.29 is 9.90 Å². The summed E-state index contributed by atoms with van der Waals surface area (Å²) in [6.07, 6.45) is 4.86. The zero-order chi connectivity index (χ0) is 15.5. The predicted octanol–water partition coefficient (Wildman–Crippen LogP) is 2.09. The highest BCUT2D eigenvalue weighted by Crippen LogP contribution is 2.11. The van der Waals surface area contributed by atoms with Gasteiger partial charge in [0.25, 0.3) is 0 Å². The SMILES string of the molecule is CCCCCCN(CCO)C(=O)Cc1ccccc1CN.